The maximum absolute atomic E-state index is 10.8. The first-order valence-electron chi connectivity index (χ1n) is 6.57. The lowest BCUT2D eigenvalue weighted by atomic mass is 10.1. The zero-order valence-corrected chi connectivity index (χ0v) is 11.0. The Morgan fingerprint density at radius 3 is 2.58 bits per heavy atom. The number of carbonyl (C=O) groups is 1. The molecule has 0 saturated heterocycles. The van der Waals surface area contributed by atoms with Crippen LogP contribution in [0.5, 0.6) is 0 Å². The molecule has 0 aliphatic heterocycles. The summed E-state index contributed by atoms with van der Waals surface area (Å²) < 4.78 is 1.94. The fourth-order valence-corrected chi connectivity index (χ4v) is 1.96. The molecule has 0 saturated carbocycles. The highest BCUT2D eigenvalue weighted by molar-refractivity contribution is 5.88. The predicted molar refractivity (Wildman–Crippen MR) is 74.1 cm³/mol. The van der Waals surface area contributed by atoms with Gasteiger partial charge in [-0.05, 0) is 24.1 Å². The SMILES string of the molecule is CCCCCn1cc(-c2ccc(C(=O)O)cc2)cn1. The van der Waals surface area contributed by atoms with Gasteiger partial charge in [0.1, 0.15) is 0 Å². The molecule has 1 N–H and O–H groups in total. The molecular formula is C15H18N2O2. The van der Waals surface area contributed by atoms with Crippen molar-refractivity contribution >= 4 is 5.97 Å². The van der Waals surface area contributed by atoms with Crippen molar-refractivity contribution in [1.29, 1.82) is 0 Å². The predicted octanol–water partition coefficient (Wildman–Crippen LogP) is 3.44. The van der Waals surface area contributed by atoms with Crippen LogP contribution < -0.4 is 0 Å². The van der Waals surface area contributed by atoms with E-state index in [1.54, 1.807) is 12.1 Å². The number of aromatic nitrogens is 2. The van der Waals surface area contributed by atoms with Gasteiger partial charge in [0.2, 0.25) is 0 Å². The molecule has 0 radical (unpaired) electrons. The Hall–Kier alpha value is -2.10. The molecule has 1 heterocycles. The number of rotatable bonds is 6. The summed E-state index contributed by atoms with van der Waals surface area (Å²) in [4.78, 5) is 10.8. The summed E-state index contributed by atoms with van der Waals surface area (Å²) in [6.07, 6.45) is 7.37. The monoisotopic (exact) mass is 258 g/mol. The van der Waals surface area contributed by atoms with Crippen LogP contribution in [-0.4, -0.2) is 20.9 Å². The first-order chi connectivity index (χ1) is 9.20. The van der Waals surface area contributed by atoms with Crippen LogP contribution in [-0.2, 0) is 6.54 Å². The minimum atomic E-state index is -0.901. The fraction of sp³-hybridized carbons (Fsp3) is 0.333. The van der Waals surface area contributed by atoms with Crippen molar-refractivity contribution < 1.29 is 9.90 Å². The van der Waals surface area contributed by atoms with Gasteiger partial charge >= 0.3 is 5.97 Å². The number of aromatic carboxylic acids is 1. The molecule has 0 atom stereocenters. The number of carboxylic acid groups (broad SMARTS) is 1. The molecule has 0 aliphatic carbocycles. The van der Waals surface area contributed by atoms with Crippen molar-refractivity contribution in [2.45, 2.75) is 32.7 Å². The van der Waals surface area contributed by atoms with Gasteiger partial charge in [-0.2, -0.15) is 5.10 Å². The second-order valence-electron chi connectivity index (χ2n) is 4.58. The van der Waals surface area contributed by atoms with Gasteiger partial charge in [-0.3, -0.25) is 4.68 Å². The van der Waals surface area contributed by atoms with Gasteiger partial charge < -0.3 is 5.11 Å². The molecule has 1 aromatic heterocycles. The van der Waals surface area contributed by atoms with E-state index in [0.717, 1.165) is 24.1 Å². The molecular weight excluding hydrogens is 240 g/mol. The summed E-state index contributed by atoms with van der Waals surface area (Å²) in [6, 6.07) is 6.87. The first-order valence-corrected chi connectivity index (χ1v) is 6.57. The molecule has 19 heavy (non-hydrogen) atoms. The fourth-order valence-electron chi connectivity index (χ4n) is 1.96. The topological polar surface area (TPSA) is 55.1 Å². The number of carboxylic acids is 1. The van der Waals surface area contributed by atoms with E-state index >= 15 is 0 Å². The van der Waals surface area contributed by atoms with Gasteiger partial charge in [0.25, 0.3) is 0 Å². The molecule has 0 fully saturated rings. The van der Waals surface area contributed by atoms with Gasteiger partial charge in [-0.1, -0.05) is 31.9 Å². The molecule has 0 aliphatic rings. The lowest BCUT2D eigenvalue weighted by Crippen LogP contribution is -1.97. The summed E-state index contributed by atoms with van der Waals surface area (Å²) in [7, 11) is 0. The average molecular weight is 258 g/mol. The van der Waals surface area contributed by atoms with Crippen LogP contribution >= 0.6 is 0 Å². The second kappa shape index (κ2) is 6.18. The lowest BCUT2D eigenvalue weighted by Gasteiger charge is -2.00. The molecule has 0 bridgehead atoms. The van der Waals surface area contributed by atoms with Crippen molar-refractivity contribution in [2.24, 2.45) is 0 Å². The molecule has 2 aromatic rings. The van der Waals surface area contributed by atoms with Crippen molar-refractivity contribution in [1.82, 2.24) is 9.78 Å². The molecule has 4 heteroatoms. The highest BCUT2D eigenvalue weighted by Gasteiger charge is 2.05. The van der Waals surface area contributed by atoms with E-state index in [1.165, 1.54) is 12.8 Å². The van der Waals surface area contributed by atoms with Crippen LogP contribution in [0.15, 0.2) is 36.7 Å². The smallest absolute Gasteiger partial charge is 0.335 e. The summed E-state index contributed by atoms with van der Waals surface area (Å²) in [5.74, 6) is -0.901. The molecule has 0 unspecified atom stereocenters. The molecule has 0 spiro atoms. The maximum Gasteiger partial charge on any atom is 0.335 e. The Labute approximate surface area is 112 Å². The number of hydrogen-bond donors (Lipinski definition) is 1. The highest BCUT2D eigenvalue weighted by atomic mass is 16.4. The van der Waals surface area contributed by atoms with Gasteiger partial charge in [-0.15, -0.1) is 0 Å². The van der Waals surface area contributed by atoms with Crippen molar-refractivity contribution in [3.63, 3.8) is 0 Å². The van der Waals surface area contributed by atoms with Crippen LogP contribution in [0.4, 0.5) is 0 Å². The highest BCUT2D eigenvalue weighted by Crippen LogP contribution is 2.19. The molecule has 1 aromatic carbocycles. The Morgan fingerprint density at radius 2 is 1.95 bits per heavy atom. The van der Waals surface area contributed by atoms with Gasteiger partial charge in [0, 0.05) is 18.3 Å². The molecule has 100 valence electrons. The van der Waals surface area contributed by atoms with Gasteiger partial charge in [-0.25, -0.2) is 4.79 Å². The average Bonchev–Trinajstić information content (AvgIpc) is 2.88. The number of nitrogens with zero attached hydrogens (tertiary/aromatic N) is 2. The van der Waals surface area contributed by atoms with Crippen LogP contribution in [0.2, 0.25) is 0 Å². The third kappa shape index (κ3) is 3.44. The lowest BCUT2D eigenvalue weighted by molar-refractivity contribution is 0.0697. The normalized spacial score (nSPS) is 10.6. The summed E-state index contributed by atoms with van der Waals surface area (Å²) in [6.45, 7) is 3.11. The van der Waals surface area contributed by atoms with E-state index in [9.17, 15) is 4.79 Å². The van der Waals surface area contributed by atoms with E-state index in [1.807, 2.05) is 29.2 Å². The molecule has 4 nitrogen and oxygen atoms in total. The molecule has 0 amide bonds. The minimum absolute atomic E-state index is 0.305. The van der Waals surface area contributed by atoms with E-state index in [-0.39, 0.29) is 0 Å². The summed E-state index contributed by atoms with van der Waals surface area (Å²) in [5.41, 5.74) is 2.32. The zero-order valence-electron chi connectivity index (χ0n) is 11.0. The summed E-state index contributed by atoms with van der Waals surface area (Å²) in [5, 5.41) is 13.2. The third-order valence-electron chi connectivity index (χ3n) is 3.09. The van der Waals surface area contributed by atoms with Crippen LogP contribution in [0.25, 0.3) is 11.1 Å². The number of unbranched alkanes of at least 4 members (excludes halogenated alkanes) is 2. The van der Waals surface area contributed by atoms with E-state index in [4.69, 9.17) is 5.11 Å². The van der Waals surface area contributed by atoms with Gasteiger partial charge in [0.15, 0.2) is 0 Å². The summed E-state index contributed by atoms with van der Waals surface area (Å²) >= 11 is 0. The quantitative estimate of drug-likeness (QED) is 0.807. The third-order valence-corrected chi connectivity index (χ3v) is 3.09. The molecule has 2 rings (SSSR count). The standard InChI is InChI=1S/C15H18N2O2/c1-2-3-4-9-17-11-14(10-16-17)12-5-7-13(8-6-12)15(18)19/h5-8,10-11H,2-4,9H2,1H3,(H,18,19). The van der Waals surface area contributed by atoms with E-state index < -0.39 is 5.97 Å². The number of aryl methyl sites for hydroxylation is 1. The number of benzene rings is 1. The van der Waals surface area contributed by atoms with E-state index in [0.29, 0.717) is 5.56 Å². The van der Waals surface area contributed by atoms with Crippen molar-refractivity contribution in [2.75, 3.05) is 0 Å². The Bertz CT molecular complexity index is 544. The Morgan fingerprint density at radius 1 is 1.21 bits per heavy atom. The van der Waals surface area contributed by atoms with Crippen molar-refractivity contribution in [3.05, 3.63) is 42.2 Å². The number of hydrogen-bond acceptors (Lipinski definition) is 2. The second-order valence-corrected chi connectivity index (χ2v) is 4.58. The van der Waals surface area contributed by atoms with Crippen LogP contribution in [0, 0.1) is 0 Å². The van der Waals surface area contributed by atoms with Gasteiger partial charge in [0.05, 0.1) is 11.8 Å². The Balaban J connectivity index is 2.07. The minimum Gasteiger partial charge on any atom is -0.478 e. The first kappa shape index (κ1) is 13.3. The van der Waals surface area contributed by atoms with Crippen LogP contribution in [0.3, 0.4) is 0 Å². The largest absolute Gasteiger partial charge is 0.478 e. The van der Waals surface area contributed by atoms with Crippen LogP contribution in [0.1, 0.15) is 36.5 Å². The maximum atomic E-state index is 10.8. The zero-order chi connectivity index (χ0) is 13.7. The van der Waals surface area contributed by atoms with Crippen molar-refractivity contribution in [3.8, 4) is 11.1 Å². The van der Waals surface area contributed by atoms with E-state index in [2.05, 4.69) is 12.0 Å². The Kier molecular flexibility index (Phi) is 4.34.